The molecule has 1 atom stereocenters. The van der Waals surface area contributed by atoms with E-state index in [-0.39, 0.29) is 6.42 Å². The van der Waals surface area contributed by atoms with Crippen molar-refractivity contribution < 1.29 is 19.8 Å². The molecule has 0 radical (unpaired) electrons. The number of aliphatic carboxylic acids is 2. The van der Waals surface area contributed by atoms with Crippen molar-refractivity contribution in [3.63, 3.8) is 0 Å². The van der Waals surface area contributed by atoms with E-state index in [2.05, 4.69) is 0 Å². The molecule has 0 heterocycles. The zero-order valence-corrected chi connectivity index (χ0v) is 6.22. The highest BCUT2D eigenvalue weighted by Crippen LogP contribution is 2.10. The van der Waals surface area contributed by atoms with Crippen molar-refractivity contribution in [2.45, 2.75) is 11.7 Å². The summed E-state index contributed by atoms with van der Waals surface area (Å²) in [6.45, 7) is 0. The molecule has 2 N–H and O–H groups in total. The second-order valence-corrected chi connectivity index (χ2v) is 2.70. The Morgan fingerprint density at radius 3 is 2.10 bits per heavy atom. The normalized spacial score (nSPS) is 12.5. The summed E-state index contributed by atoms with van der Waals surface area (Å²) in [5.74, 6) is -2.16. The van der Waals surface area contributed by atoms with Crippen LogP contribution >= 0.6 is 11.8 Å². The van der Waals surface area contributed by atoms with Crippen LogP contribution in [0, 0.1) is 0 Å². The minimum Gasteiger partial charge on any atom is -0.481 e. The summed E-state index contributed by atoms with van der Waals surface area (Å²) in [7, 11) is 0. The lowest BCUT2D eigenvalue weighted by molar-refractivity contribution is -0.142. The molecule has 0 rings (SSSR count). The van der Waals surface area contributed by atoms with E-state index in [1.54, 1.807) is 6.26 Å². The minimum atomic E-state index is -1.08. The SMILES string of the molecule is CS[C@H](CC(=O)O)C(=O)O. The topological polar surface area (TPSA) is 74.6 Å². The van der Waals surface area contributed by atoms with Crippen LogP contribution in [0.2, 0.25) is 0 Å². The molecular weight excluding hydrogens is 156 g/mol. The van der Waals surface area contributed by atoms with Crippen molar-refractivity contribution in [2.75, 3.05) is 6.26 Å². The monoisotopic (exact) mass is 164 g/mol. The zero-order chi connectivity index (χ0) is 8.15. The highest BCUT2D eigenvalue weighted by molar-refractivity contribution is 7.99. The fraction of sp³-hybridized carbons (Fsp3) is 0.600. The van der Waals surface area contributed by atoms with E-state index in [4.69, 9.17) is 10.2 Å². The summed E-state index contributed by atoms with van der Waals surface area (Å²) in [5, 5.41) is 15.7. The second-order valence-electron chi connectivity index (χ2n) is 1.66. The van der Waals surface area contributed by atoms with Crippen LogP contribution in [0.15, 0.2) is 0 Å². The van der Waals surface area contributed by atoms with Crippen molar-refractivity contribution in [2.24, 2.45) is 0 Å². The number of hydrogen-bond acceptors (Lipinski definition) is 3. The molecule has 0 spiro atoms. The molecule has 0 saturated carbocycles. The van der Waals surface area contributed by atoms with Gasteiger partial charge in [0.25, 0.3) is 0 Å². The maximum Gasteiger partial charge on any atom is 0.317 e. The molecule has 0 aromatic carbocycles. The van der Waals surface area contributed by atoms with Gasteiger partial charge in [0, 0.05) is 0 Å². The Bertz CT molecular complexity index is 145. The Hall–Kier alpha value is -0.710. The number of carboxylic acid groups (broad SMARTS) is 2. The van der Waals surface area contributed by atoms with Crippen LogP contribution in [0.5, 0.6) is 0 Å². The van der Waals surface area contributed by atoms with E-state index in [9.17, 15) is 9.59 Å². The Morgan fingerprint density at radius 1 is 1.50 bits per heavy atom. The lowest BCUT2D eigenvalue weighted by atomic mass is 10.3. The molecule has 10 heavy (non-hydrogen) atoms. The van der Waals surface area contributed by atoms with Gasteiger partial charge in [0.15, 0.2) is 0 Å². The number of carboxylic acids is 2. The smallest absolute Gasteiger partial charge is 0.317 e. The van der Waals surface area contributed by atoms with E-state index in [0.717, 1.165) is 11.8 Å². The fourth-order valence-electron chi connectivity index (χ4n) is 0.430. The van der Waals surface area contributed by atoms with Gasteiger partial charge in [0.2, 0.25) is 0 Å². The number of thioether (sulfide) groups is 1. The summed E-state index contributed by atoms with van der Waals surface area (Å²) in [6.07, 6.45) is 1.25. The molecule has 0 aliphatic rings. The van der Waals surface area contributed by atoms with Gasteiger partial charge in [-0.1, -0.05) is 0 Å². The molecule has 0 unspecified atom stereocenters. The third kappa shape index (κ3) is 3.34. The molecule has 0 bridgehead atoms. The van der Waals surface area contributed by atoms with Crippen molar-refractivity contribution in [3.8, 4) is 0 Å². The van der Waals surface area contributed by atoms with E-state index in [1.165, 1.54) is 0 Å². The van der Waals surface area contributed by atoms with E-state index >= 15 is 0 Å². The summed E-state index contributed by atoms with van der Waals surface area (Å²) in [5.41, 5.74) is 0. The molecule has 0 aromatic rings. The van der Waals surface area contributed by atoms with Gasteiger partial charge in [-0.15, -0.1) is 11.8 Å². The Labute approximate surface area is 62.2 Å². The minimum absolute atomic E-state index is 0.323. The van der Waals surface area contributed by atoms with E-state index in [1.807, 2.05) is 0 Å². The standard InChI is InChI=1S/C5H8O4S/c1-10-3(5(8)9)2-4(6)7/h3H,2H2,1H3,(H,6,7)(H,8,9)/t3-/m1/s1. The highest BCUT2D eigenvalue weighted by Gasteiger charge is 2.18. The van der Waals surface area contributed by atoms with Crippen molar-refractivity contribution in [1.82, 2.24) is 0 Å². The molecule has 0 amide bonds. The first-order chi connectivity index (χ1) is 4.57. The lowest BCUT2D eigenvalue weighted by Crippen LogP contribution is -2.19. The van der Waals surface area contributed by atoms with Gasteiger partial charge in [0.05, 0.1) is 6.42 Å². The molecule has 4 nitrogen and oxygen atoms in total. The van der Waals surface area contributed by atoms with Gasteiger partial charge in [-0.05, 0) is 6.26 Å². The quantitative estimate of drug-likeness (QED) is 0.624. The lowest BCUT2D eigenvalue weighted by Gasteiger charge is -2.03. The van der Waals surface area contributed by atoms with Crippen LogP contribution in [0.4, 0.5) is 0 Å². The Morgan fingerprint density at radius 2 is 2.00 bits per heavy atom. The average molecular weight is 164 g/mol. The number of hydrogen-bond donors (Lipinski definition) is 2. The Balaban J connectivity index is 3.83. The number of carbonyl (C=O) groups is 2. The van der Waals surface area contributed by atoms with Crippen LogP contribution in [0.25, 0.3) is 0 Å². The zero-order valence-electron chi connectivity index (χ0n) is 5.40. The van der Waals surface area contributed by atoms with E-state index < -0.39 is 17.2 Å². The van der Waals surface area contributed by atoms with Crippen molar-refractivity contribution in [3.05, 3.63) is 0 Å². The molecule has 0 fully saturated rings. The molecule has 5 heteroatoms. The first-order valence-corrected chi connectivity index (χ1v) is 3.84. The average Bonchev–Trinajstić information content (AvgIpc) is 1.81. The van der Waals surface area contributed by atoms with Gasteiger partial charge in [0.1, 0.15) is 5.25 Å². The molecule has 0 aromatic heterocycles. The molecule has 0 aliphatic carbocycles. The predicted octanol–water partition coefficient (Wildman–Crippen LogP) is 0.277. The summed E-state index contributed by atoms with van der Waals surface area (Å²) < 4.78 is 0. The Kier molecular flexibility index (Phi) is 3.87. The number of rotatable bonds is 4. The largest absolute Gasteiger partial charge is 0.481 e. The van der Waals surface area contributed by atoms with Gasteiger partial charge in [-0.2, -0.15) is 0 Å². The molecule has 58 valence electrons. The van der Waals surface area contributed by atoms with Crippen molar-refractivity contribution in [1.29, 1.82) is 0 Å². The first kappa shape index (κ1) is 9.29. The predicted molar refractivity (Wildman–Crippen MR) is 37.2 cm³/mol. The van der Waals surface area contributed by atoms with Crippen LogP contribution in [0.1, 0.15) is 6.42 Å². The summed E-state index contributed by atoms with van der Waals surface area (Å²) in [6, 6.07) is 0. The van der Waals surface area contributed by atoms with Gasteiger partial charge >= 0.3 is 11.9 Å². The molecular formula is C5H8O4S. The maximum atomic E-state index is 10.2. The van der Waals surface area contributed by atoms with Gasteiger partial charge in [-0.3, -0.25) is 9.59 Å². The summed E-state index contributed by atoms with van der Waals surface area (Å²) in [4.78, 5) is 20.2. The van der Waals surface area contributed by atoms with Crippen LogP contribution in [0.3, 0.4) is 0 Å². The summed E-state index contributed by atoms with van der Waals surface area (Å²) >= 11 is 1.03. The first-order valence-electron chi connectivity index (χ1n) is 2.55. The molecule has 0 aliphatic heterocycles. The maximum absolute atomic E-state index is 10.2. The second kappa shape index (κ2) is 4.16. The van der Waals surface area contributed by atoms with E-state index in [0.29, 0.717) is 0 Å². The van der Waals surface area contributed by atoms with Gasteiger partial charge < -0.3 is 10.2 Å². The third-order valence-electron chi connectivity index (χ3n) is 0.920. The highest BCUT2D eigenvalue weighted by atomic mass is 32.2. The van der Waals surface area contributed by atoms with Crippen molar-refractivity contribution >= 4 is 23.7 Å². The van der Waals surface area contributed by atoms with Crippen LogP contribution < -0.4 is 0 Å². The third-order valence-corrected chi connectivity index (χ3v) is 1.86. The van der Waals surface area contributed by atoms with Crippen LogP contribution in [-0.2, 0) is 9.59 Å². The van der Waals surface area contributed by atoms with Crippen LogP contribution in [-0.4, -0.2) is 33.7 Å². The van der Waals surface area contributed by atoms with Gasteiger partial charge in [-0.25, -0.2) is 0 Å². The molecule has 0 saturated heterocycles. The fourth-order valence-corrected chi connectivity index (χ4v) is 0.941.